The van der Waals surface area contributed by atoms with Crippen molar-refractivity contribution in [1.29, 1.82) is 0 Å². The normalized spacial score (nSPS) is 11.3. The molecule has 0 aromatic carbocycles. The third-order valence-corrected chi connectivity index (χ3v) is 1.74. The summed E-state index contributed by atoms with van der Waals surface area (Å²) >= 11 is 0. The molecule has 0 saturated carbocycles. The minimum atomic E-state index is -0.0928. The van der Waals surface area contributed by atoms with Gasteiger partial charge in [0.05, 0.1) is 0 Å². The van der Waals surface area contributed by atoms with E-state index < -0.39 is 0 Å². The largest absolute Gasteiger partial charge is 0.273 e. The van der Waals surface area contributed by atoms with Gasteiger partial charge < -0.3 is 0 Å². The zero-order chi connectivity index (χ0) is 11.5. The predicted molar refractivity (Wildman–Crippen MR) is 61.4 cm³/mol. The van der Waals surface area contributed by atoms with Crippen LogP contribution in [0.1, 0.15) is 46.0 Å². The third kappa shape index (κ3) is 9.00. The van der Waals surface area contributed by atoms with Crippen molar-refractivity contribution >= 4 is 24.2 Å². The number of aliphatic imine (C=N–C) groups is 2. The van der Waals surface area contributed by atoms with E-state index in [-0.39, 0.29) is 11.8 Å². The first-order chi connectivity index (χ1) is 7.20. The Hall–Kier alpha value is -1.32. The molecule has 0 N–H and O–H groups in total. The molecule has 0 saturated heterocycles. The Morgan fingerprint density at radius 1 is 0.933 bits per heavy atom. The first-order valence-corrected chi connectivity index (χ1v) is 5.31. The van der Waals surface area contributed by atoms with Crippen molar-refractivity contribution in [1.82, 2.24) is 0 Å². The lowest BCUT2D eigenvalue weighted by Gasteiger charge is -1.89. The highest BCUT2D eigenvalue weighted by Crippen LogP contribution is 1.92. The Labute approximate surface area is 90.5 Å². The predicted octanol–water partition coefficient (Wildman–Crippen LogP) is 2.17. The fraction of sp³-hybridized carbons (Fsp3) is 0.636. The second kappa shape index (κ2) is 9.24. The van der Waals surface area contributed by atoms with Gasteiger partial charge in [0.25, 0.3) is 0 Å². The second-order valence-electron chi connectivity index (χ2n) is 3.05. The van der Waals surface area contributed by atoms with Crippen molar-refractivity contribution in [3.8, 4) is 0 Å². The standard InChI is InChI=1S/C11H18N2O2/c1-3-10(14)12-8-6-5-7-9-13-11(15)4-2/h8-9H,3-7H2,1-2H3. The van der Waals surface area contributed by atoms with E-state index in [1.807, 2.05) is 0 Å². The molecule has 4 nitrogen and oxygen atoms in total. The van der Waals surface area contributed by atoms with Gasteiger partial charge in [0.1, 0.15) is 0 Å². The summed E-state index contributed by atoms with van der Waals surface area (Å²) in [6.07, 6.45) is 6.51. The van der Waals surface area contributed by atoms with Crippen LogP contribution >= 0.6 is 0 Å². The summed E-state index contributed by atoms with van der Waals surface area (Å²) in [4.78, 5) is 29.0. The lowest BCUT2D eigenvalue weighted by molar-refractivity contribution is -0.118. The Balaban J connectivity index is 3.47. The maximum absolute atomic E-state index is 10.8. The van der Waals surface area contributed by atoms with Crippen LogP contribution in [-0.2, 0) is 9.59 Å². The van der Waals surface area contributed by atoms with Crippen LogP contribution in [0.25, 0.3) is 0 Å². The molecule has 4 heteroatoms. The molecule has 0 fully saturated rings. The third-order valence-electron chi connectivity index (χ3n) is 1.74. The average molecular weight is 210 g/mol. The number of unbranched alkanes of at least 4 members (excludes halogenated alkanes) is 2. The van der Waals surface area contributed by atoms with Gasteiger partial charge >= 0.3 is 0 Å². The number of rotatable bonds is 6. The smallest absolute Gasteiger partial charge is 0.245 e. The van der Waals surface area contributed by atoms with Gasteiger partial charge in [-0.05, 0) is 19.3 Å². The topological polar surface area (TPSA) is 58.9 Å². The van der Waals surface area contributed by atoms with Crippen LogP contribution in [0.2, 0.25) is 0 Å². The average Bonchev–Trinajstić information content (AvgIpc) is 2.26. The van der Waals surface area contributed by atoms with Crippen LogP contribution in [0.15, 0.2) is 9.98 Å². The molecular weight excluding hydrogens is 192 g/mol. The number of hydrogen-bond acceptors (Lipinski definition) is 2. The summed E-state index contributed by atoms with van der Waals surface area (Å²) in [5.74, 6) is -0.186. The minimum absolute atomic E-state index is 0.0928. The molecule has 0 heterocycles. The summed E-state index contributed by atoms with van der Waals surface area (Å²) in [5.41, 5.74) is 0. The van der Waals surface area contributed by atoms with Gasteiger partial charge in [0.2, 0.25) is 11.8 Å². The Morgan fingerprint density at radius 2 is 1.33 bits per heavy atom. The SMILES string of the molecule is CCC(=O)N=CCCCC=NC(=O)CC. The summed E-state index contributed by atoms with van der Waals surface area (Å²) in [6.45, 7) is 3.56. The molecule has 0 aliphatic carbocycles. The van der Waals surface area contributed by atoms with Crippen LogP contribution in [0, 0.1) is 0 Å². The molecule has 0 unspecified atom stereocenters. The Morgan fingerprint density at radius 3 is 1.67 bits per heavy atom. The molecule has 15 heavy (non-hydrogen) atoms. The molecule has 0 aromatic heterocycles. The van der Waals surface area contributed by atoms with Crippen molar-refractivity contribution in [2.45, 2.75) is 46.0 Å². The number of carbonyl (C=O) groups is 2. The molecule has 0 spiro atoms. The monoisotopic (exact) mass is 210 g/mol. The Kier molecular flexibility index (Phi) is 8.43. The van der Waals surface area contributed by atoms with Gasteiger partial charge in [0, 0.05) is 25.3 Å². The van der Waals surface area contributed by atoms with Gasteiger partial charge in [-0.2, -0.15) is 0 Å². The van der Waals surface area contributed by atoms with E-state index in [9.17, 15) is 9.59 Å². The second-order valence-corrected chi connectivity index (χ2v) is 3.05. The van der Waals surface area contributed by atoms with E-state index in [0.717, 1.165) is 19.3 Å². The molecule has 2 amide bonds. The van der Waals surface area contributed by atoms with Gasteiger partial charge in [0.15, 0.2) is 0 Å². The molecule has 0 rings (SSSR count). The Bertz CT molecular complexity index is 231. The molecule has 84 valence electrons. The molecule has 0 bridgehead atoms. The van der Waals surface area contributed by atoms with Crippen molar-refractivity contribution in [3.63, 3.8) is 0 Å². The van der Waals surface area contributed by atoms with E-state index >= 15 is 0 Å². The lowest BCUT2D eigenvalue weighted by Crippen LogP contribution is -1.91. The van der Waals surface area contributed by atoms with Crippen LogP contribution in [0.3, 0.4) is 0 Å². The molecule has 0 aliphatic rings. The zero-order valence-corrected chi connectivity index (χ0v) is 9.40. The zero-order valence-electron chi connectivity index (χ0n) is 9.40. The highest BCUT2D eigenvalue weighted by molar-refractivity contribution is 5.85. The van der Waals surface area contributed by atoms with Gasteiger partial charge in [-0.15, -0.1) is 0 Å². The van der Waals surface area contributed by atoms with E-state index in [1.165, 1.54) is 0 Å². The maximum Gasteiger partial charge on any atom is 0.245 e. The summed E-state index contributed by atoms with van der Waals surface area (Å²) in [5, 5.41) is 0. The van der Waals surface area contributed by atoms with E-state index in [2.05, 4.69) is 9.98 Å². The fourth-order valence-corrected chi connectivity index (χ4v) is 0.816. The van der Waals surface area contributed by atoms with Crippen molar-refractivity contribution in [2.24, 2.45) is 9.98 Å². The fourth-order valence-electron chi connectivity index (χ4n) is 0.816. The van der Waals surface area contributed by atoms with Crippen LogP contribution < -0.4 is 0 Å². The van der Waals surface area contributed by atoms with E-state index in [1.54, 1.807) is 26.3 Å². The number of hydrogen-bond donors (Lipinski definition) is 0. The minimum Gasteiger partial charge on any atom is -0.273 e. The first-order valence-electron chi connectivity index (χ1n) is 5.31. The summed E-state index contributed by atoms with van der Waals surface area (Å²) in [7, 11) is 0. The number of amides is 2. The lowest BCUT2D eigenvalue weighted by atomic mass is 10.2. The first kappa shape index (κ1) is 13.7. The van der Waals surface area contributed by atoms with Crippen LogP contribution in [-0.4, -0.2) is 24.2 Å². The number of nitrogens with zero attached hydrogens (tertiary/aromatic N) is 2. The quantitative estimate of drug-likeness (QED) is 0.498. The summed E-state index contributed by atoms with van der Waals surface area (Å²) in [6, 6.07) is 0. The van der Waals surface area contributed by atoms with Gasteiger partial charge in [-0.3, -0.25) is 9.59 Å². The van der Waals surface area contributed by atoms with Crippen LogP contribution in [0.5, 0.6) is 0 Å². The van der Waals surface area contributed by atoms with Crippen molar-refractivity contribution in [3.05, 3.63) is 0 Å². The van der Waals surface area contributed by atoms with Gasteiger partial charge in [-0.1, -0.05) is 13.8 Å². The molecule has 0 aliphatic heterocycles. The van der Waals surface area contributed by atoms with E-state index in [4.69, 9.17) is 0 Å². The summed E-state index contributed by atoms with van der Waals surface area (Å²) < 4.78 is 0. The maximum atomic E-state index is 10.8. The van der Waals surface area contributed by atoms with Crippen molar-refractivity contribution in [2.75, 3.05) is 0 Å². The molecule has 0 radical (unpaired) electrons. The highest BCUT2D eigenvalue weighted by atomic mass is 16.1. The molecular formula is C11H18N2O2. The van der Waals surface area contributed by atoms with Gasteiger partial charge in [-0.25, -0.2) is 9.98 Å². The van der Waals surface area contributed by atoms with E-state index in [0.29, 0.717) is 12.8 Å². The van der Waals surface area contributed by atoms with Crippen molar-refractivity contribution < 1.29 is 9.59 Å². The number of carbonyl (C=O) groups excluding carboxylic acids is 2. The molecule has 0 aromatic rings. The molecule has 0 atom stereocenters. The van der Waals surface area contributed by atoms with Crippen LogP contribution in [0.4, 0.5) is 0 Å². The highest BCUT2D eigenvalue weighted by Gasteiger charge is 1.91.